The van der Waals surface area contributed by atoms with Gasteiger partial charge in [-0.1, -0.05) is 6.07 Å². The second kappa shape index (κ2) is 6.37. The van der Waals surface area contributed by atoms with Crippen LogP contribution in [0.15, 0.2) is 17.5 Å². The monoisotopic (exact) mass is 261 g/mol. The van der Waals surface area contributed by atoms with Crippen molar-refractivity contribution in [1.82, 2.24) is 0 Å². The fraction of sp³-hybridized carbons (Fsp3) is 0.636. The Kier molecular flexibility index (Phi) is 5.44. The normalized spacial score (nSPS) is 13.9. The van der Waals surface area contributed by atoms with Crippen LogP contribution in [0.3, 0.4) is 0 Å². The molecule has 1 heterocycles. The molecule has 0 aliphatic carbocycles. The smallest absolute Gasteiger partial charge is 0.147 e. The topological polar surface area (TPSA) is 60.2 Å². The molecule has 0 spiro atoms. The number of hydrogen-bond donors (Lipinski definition) is 1. The van der Waals surface area contributed by atoms with E-state index in [2.05, 4.69) is 11.4 Å². The fourth-order valence-electron chi connectivity index (χ4n) is 1.50. The average molecular weight is 261 g/mol. The number of nitrogens with two attached hydrogens (primary N) is 1. The Bertz CT molecular complexity index is 384. The van der Waals surface area contributed by atoms with Crippen LogP contribution in [0, 0.1) is 0 Å². The van der Waals surface area contributed by atoms with Crippen molar-refractivity contribution in [3.63, 3.8) is 0 Å². The lowest BCUT2D eigenvalue weighted by atomic mass is 10.1. The molecule has 0 aromatic carbocycles. The molecule has 0 fully saturated rings. The lowest BCUT2D eigenvalue weighted by Gasteiger charge is -2.09. The van der Waals surface area contributed by atoms with E-state index in [1.807, 2.05) is 6.07 Å². The summed E-state index contributed by atoms with van der Waals surface area (Å²) in [7, 11) is -2.87. The lowest BCUT2D eigenvalue weighted by Crippen LogP contribution is -2.23. The summed E-state index contributed by atoms with van der Waals surface area (Å²) in [6.45, 7) is 0. The highest BCUT2D eigenvalue weighted by molar-refractivity contribution is 7.90. The van der Waals surface area contributed by atoms with E-state index >= 15 is 0 Å². The van der Waals surface area contributed by atoms with Crippen LogP contribution in [0.4, 0.5) is 0 Å². The van der Waals surface area contributed by atoms with Crippen LogP contribution >= 0.6 is 11.3 Å². The Morgan fingerprint density at radius 3 is 2.75 bits per heavy atom. The standard InChI is InChI=1S/C11H19NO2S2/c1-16(13,14)9-7-10(12)4-2-5-11-6-3-8-15-11/h3,6,8,10H,2,4-5,7,9,12H2,1H3. The summed E-state index contributed by atoms with van der Waals surface area (Å²) in [6, 6.07) is 4.17. The van der Waals surface area contributed by atoms with Crippen molar-refractivity contribution in [3.05, 3.63) is 22.4 Å². The molecule has 1 aromatic rings. The highest BCUT2D eigenvalue weighted by Gasteiger charge is 2.08. The maximum Gasteiger partial charge on any atom is 0.147 e. The first kappa shape index (κ1) is 13.7. The molecule has 5 heteroatoms. The first-order valence-electron chi connectivity index (χ1n) is 5.43. The van der Waals surface area contributed by atoms with Crippen molar-refractivity contribution >= 4 is 21.2 Å². The highest BCUT2D eigenvalue weighted by Crippen LogP contribution is 2.13. The van der Waals surface area contributed by atoms with Crippen LogP contribution in [0.5, 0.6) is 0 Å². The van der Waals surface area contributed by atoms with Gasteiger partial charge in [-0.25, -0.2) is 8.42 Å². The van der Waals surface area contributed by atoms with Gasteiger partial charge in [-0.3, -0.25) is 0 Å². The molecule has 0 amide bonds. The average Bonchev–Trinajstić information content (AvgIpc) is 2.66. The van der Waals surface area contributed by atoms with Crippen molar-refractivity contribution < 1.29 is 8.42 Å². The van der Waals surface area contributed by atoms with Crippen molar-refractivity contribution in [2.75, 3.05) is 12.0 Å². The van der Waals surface area contributed by atoms with Gasteiger partial charge in [0.2, 0.25) is 0 Å². The Balaban J connectivity index is 2.13. The van der Waals surface area contributed by atoms with Crippen LogP contribution in [0.1, 0.15) is 24.1 Å². The molecule has 1 atom stereocenters. The van der Waals surface area contributed by atoms with Gasteiger partial charge in [0, 0.05) is 17.2 Å². The van der Waals surface area contributed by atoms with Crippen molar-refractivity contribution in [3.8, 4) is 0 Å². The van der Waals surface area contributed by atoms with E-state index in [4.69, 9.17) is 5.73 Å². The molecule has 92 valence electrons. The van der Waals surface area contributed by atoms with E-state index in [-0.39, 0.29) is 11.8 Å². The number of sulfone groups is 1. The predicted octanol–water partition coefficient (Wildman–Crippen LogP) is 1.83. The molecule has 1 aromatic heterocycles. The van der Waals surface area contributed by atoms with Gasteiger partial charge in [0.15, 0.2) is 0 Å². The summed E-state index contributed by atoms with van der Waals surface area (Å²) in [5.74, 6) is 0.202. The first-order chi connectivity index (χ1) is 7.47. The van der Waals surface area contributed by atoms with Gasteiger partial charge in [-0.15, -0.1) is 11.3 Å². The molecular formula is C11H19NO2S2. The Morgan fingerprint density at radius 2 is 2.19 bits per heavy atom. The summed E-state index contributed by atoms with van der Waals surface area (Å²) in [4.78, 5) is 1.37. The maximum absolute atomic E-state index is 10.9. The second-order valence-electron chi connectivity index (χ2n) is 4.15. The van der Waals surface area contributed by atoms with Crippen molar-refractivity contribution in [2.24, 2.45) is 5.73 Å². The number of aryl methyl sites for hydroxylation is 1. The molecule has 0 aliphatic heterocycles. The third-order valence-electron chi connectivity index (χ3n) is 2.44. The third kappa shape index (κ3) is 6.25. The van der Waals surface area contributed by atoms with Gasteiger partial charge >= 0.3 is 0 Å². The van der Waals surface area contributed by atoms with Crippen LogP contribution in [0.2, 0.25) is 0 Å². The van der Waals surface area contributed by atoms with E-state index in [1.54, 1.807) is 11.3 Å². The molecule has 0 bridgehead atoms. The lowest BCUT2D eigenvalue weighted by molar-refractivity contribution is 0.556. The van der Waals surface area contributed by atoms with Gasteiger partial charge in [0.1, 0.15) is 9.84 Å². The minimum atomic E-state index is -2.87. The zero-order valence-electron chi connectivity index (χ0n) is 9.56. The van der Waals surface area contributed by atoms with E-state index < -0.39 is 9.84 Å². The van der Waals surface area contributed by atoms with Gasteiger partial charge in [-0.05, 0) is 37.1 Å². The summed E-state index contributed by atoms with van der Waals surface area (Å²) in [6.07, 6.45) is 4.80. The summed E-state index contributed by atoms with van der Waals surface area (Å²) in [5.41, 5.74) is 5.86. The van der Waals surface area contributed by atoms with Crippen LogP contribution in [-0.2, 0) is 16.3 Å². The van der Waals surface area contributed by atoms with Gasteiger partial charge in [-0.2, -0.15) is 0 Å². The Labute approximate surface area is 102 Å². The molecule has 2 N–H and O–H groups in total. The molecule has 1 rings (SSSR count). The summed E-state index contributed by atoms with van der Waals surface area (Å²) >= 11 is 1.76. The molecular weight excluding hydrogens is 242 g/mol. The minimum Gasteiger partial charge on any atom is -0.328 e. The number of thiophene rings is 1. The molecule has 1 unspecified atom stereocenters. The van der Waals surface area contributed by atoms with Crippen LogP contribution in [-0.4, -0.2) is 26.5 Å². The molecule has 0 saturated heterocycles. The largest absolute Gasteiger partial charge is 0.328 e. The zero-order chi connectivity index (χ0) is 12.0. The SMILES string of the molecule is CS(=O)(=O)CCC(N)CCCc1cccs1. The van der Waals surface area contributed by atoms with Gasteiger partial charge in [0.05, 0.1) is 5.75 Å². The van der Waals surface area contributed by atoms with Gasteiger partial charge < -0.3 is 5.73 Å². The molecule has 3 nitrogen and oxygen atoms in total. The molecule has 16 heavy (non-hydrogen) atoms. The van der Waals surface area contributed by atoms with Crippen LogP contribution < -0.4 is 5.73 Å². The summed E-state index contributed by atoms with van der Waals surface area (Å²) < 4.78 is 21.9. The number of hydrogen-bond acceptors (Lipinski definition) is 4. The van der Waals surface area contributed by atoms with E-state index in [9.17, 15) is 8.42 Å². The zero-order valence-corrected chi connectivity index (χ0v) is 11.2. The number of rotatable bonds is 7. The predicted molar refractivity (Wildman–Crippen MR) is 69.6 cm³/mol. The van der Waals surface area contributed by atoms with Gasteiger partial charge in [0.25, 0.3) is 0 Å². The molecule has 0 saturated carbocycles. The Hall–Kier alpha value is -0.390. The molecule has 0 radical (unpaired) electrons. The van der Waals surface area contributed by atoms with E-state index in [1.165, 1.54) is 11.1 Å². The van der Waals surface area contributed by atoms with Crippen molar-refractivity contribution in [2.45, 2.75) is 31.7 Å². The minimum absolute atomic E-state index is 0.00897. The first-order valence-corrected chi connectivity index (χ1v) is 8.37. The quantitative estimate of drug-likeness (QED) is 0.814. The fourth-order valence-corrected chi connectivity index (χ4v) is 2.99. The third-order valence-corrected chi connectivity index (χ3v) is 4.35. The summed E-state index contributed by atoms with van der Waals surface area (Å²) in [5, 5.41) is 2.07. The van der Waals surface area contributed by atoms with Crippen molar-refractivity contribution in [1.29, 1.82) is 0 Å². The Morgan fingerprint density at radius 1 is 1.44 bits per heavy atom. The van der Waals surface area contributed by atoms with Crippen LogP contribution in [0.25, 0.3) is 0 Å². The van der Waals surface area contributed by atoms with E-state index in [0.717, 1.165) is 19.3 Å². The van der Waals surface area contributed by atoms with E-state index in [0.29, 0.717) is 6.42 Å². The second-order valence-corrected chi connectivity index (χ2v) is 7.44. The highest BCUT2D eigenvalue weighted by atomic mass is 32.2. The molecule has 0 aliphatic rings. The maximum atomic E-state index is 10.9.